The molecule has 3 aromatic rings. The Kier molecular flexibility index (Phi) is 7.92. The predicted octanol–water partition coefficient (Wildman–Crippen LogP) is 5.55. The van der Waals surface area contributed by atoms with Gasteiger partial charge in [0.25, 0.3) is 5.91 Å². The largest absolute Gasteiger partial charge is 0.493 e. The molecule has 1 amide bonds. The van der Waals surface area contributed by atoms with Crippen LogP contribution in [0.25, 0.3) is 6.08 Å². The van der Waals surface area contributed by atoms with Crippen molar-refractivity contribution in [1.29, 1.82) is 0 Å². The summed E-state index contributed by atoms with van der Waals surface area (Å²) in [5.41, 5.74) is 1.49. The molecule has 0 bridgehead atoms. The number of methoxy groups -OCH3 is 1. The third-order valence-corrected chi connectivity index (χ3v) is 5.21. The molecule has 0 saturated heterocycles. The van der Waals surface area contributed by atoms with Gasteiger partial charge in [0.05, 0.1) is 11.6 Å². The summed E-state index contributed by atoms with van der Waals surface area (Å²) >= 11 is 9.36. The van der Waals surface area contributed by atoms with Gasteiger partial charge in [-0.3, -0.25) is 4.79 Å². The average molecular weight is 517 g/mol. The molecule has 0 saturated carbocycles. The van der Waals surface area contributed by atoms with Crippen molar-refractivity contribution in [1.82, 2.24) is 5.32 Å². The number of hydrogen-bond acceptors (Lipinski definition) is 4. The van der Waals surface area contributed by atoms with Crippen LogP contribution in [0.2, 0.25) is 5.02 Å². The van der Waals surface area contributed by atoms with Gasteiger partial charge in [0.15, 0.2) is 11.5 Å². The zero-order chi connectivity index (χ0) is 23.1. The van der Waals surface area contributed by atoms with E-state index in [1.165, 1.54) is 13.2 Å². The summed E-state index contributed by atoms with van der Waals surface area (Å²) in [6.45, 7) is 0.287. The van der Waals surface area contributed by atoms with Crippen molar-refractivity contribution in [3.63, 3.8) is 0 Å². The van der Waals surface area contributed by atoms with E-state index in [2.05, 4.69) is 21.2 Å². The fraction of sp³-hybridized carbons (Fsp3) is 0.0833. The molecule has 3 aromatic carbocycles. The van der Waals surface area contributed by atoms with Crippen LogP contribution in [-0.4, -0.2) is 24.1 Å². The Hall–Kier alpha value is -3.29. The number of amides is 1. The van der Waals surface area contributed by atoms with Crippen molar-refractivity contribution in [2.75, 3.05) is 7.11 Å². The Balaban J connectivity index is 1.83. The normalized spacial score (nSPS) is 11.0. The number of ether oxygens (including phenoxy) is 2. The highest BCUT2D eigenvalue weighted by Crippen LogP contribution is 2.37. The molecule has 0 fully saturated rings. The highest BCUT2D eigenvalue weighted by Gasteiger charge is 2.16. The summed E-state index contributed by atoms with van der Waals surface area (Å²) in [7, 11) is 1.49. The van der Waals surface area contributed by atoms with Crippen LogP contribution in [0.5, 0.6) is 11.5 Å². The van der Waals surface area contributed by atoms with E-state index in [0.717, 1.165) is 5.56 Å². The number of benzene rings is 3. The minimum atomic E-state index is -1.27. The molecule has 3 rings (SSSR count). The first-order chi connectivity index (χ1) is 15.4. The Bertz CT molecular complexity index is 1150. The number of carbonyl (C=O) groups excluding carboxylic acids is 1. The molecule has 0 aliphatic heterocycles. The second kappa shape index (κ2) is 10.8. The molecule has 8 heteroatoms. The van der Waals surface area contributed by atoms with E-state index < -0.39 is 11.9 Å². The van der Waals surface area contributed by atoms with Crippen LogP contribution < -0.4 is 14.8 Å². The van der Waals surface area contributed by atoms with Gasteiger partial charge in [0, 0.05) is 10.6 Å². The fourth-order valence-electron chi connectivity index (χ4n) is 2.80. The number of carbonyl (C=O) groups is 2. The highest BCUT2D eigenvalue weighted by atomic mass is 79.9. The maximum absolute atomic E-state index is 12.4. The van der Waals surface area contributed by atoms with Crippen LogP contribution in [0.15, 0.2) is 76.9 Å². The molecule has 0 atom stereocenters. The lowest BCUT2D eigenvalue weighted by atomic mass is 10.1. The summed E-state index contributed by atoms with van der Waals surface area (Å²) in [6, 6.07) is 18.9. The van der Waals surface area contributed by atoms with E-state index >= 15 is 0 Å². The van der Waals surface area contributed by atoms with Crippen LogP contribution in [0.4, 0.5) is 0 Å². The van der Waals surface area contributed by atoms with Crippen molar-refractivity contribution >= 4 is 45.5 Å². The number of hydrogen-bond donors (Lipinski definition) is 2. The smallest absolute Gasteiger partial charge is 0.352 e. The quantitative estimate of drug-likeness (QED) is 0.384. The Labute approximate surface area is 198 Å². The highest BCUT2D eigenvalue weighted by molar-refractivity contribution is 9.10. The topological polar surface area (TPSA) is 84.9 Å². The van der Waals surface area contributed by atoms with E-state index in [1.54, 1.807) is 54.6 Å². The SMILES string of the molecule is COc1cc(C=C(NC(=O)c2ccccc2)C(=O)O)cc(Br)c1OCc1ccc(Cl)cc1. The van der Waals surface area contributed by atoms with Gasteiger partial charge in [-0.15, -0.1) is 0 Å². The van der Waals surface area contributed by atoms with Crippen LogP contribution >= 0.6 is 27.5 Å². The lowest BCUT2D eigenvalue weighted by Crippen LogP contribution is -2.27. The molecule has 0 aromatic heterocycles. The number of aliphatic carboxylic acids is 1. The maximum Gasteiger partial charge on any atom is 0.352 e. The Morgan fingerprint density at radius 2 is 1.78 bits per heavy atom. The third-order valence-electron chi connectivity index (χ3n) is 4.37. The summed E-state index contributed by atoms with van der Waals surface area (Å²) in [4.78, 5) is 24.1. The number of halogens is 2. The molecular formula is C24H19BrClNO5. The van der Waals surface area contributed by atoms with Gasteiger partial charge in [-0.1, -0.05) is 41.9 Å². The molecule has 2 N–H and O–H groups in total. The first-order valence-corrected chi connectivity index (χ1v) is 10.6. The molecule has 0 spiro atoms. The molecular weight excluding hydrogens is 498 g/mol. The van der Waals surface area contributed by atoms with E-state index in [1.807, 2.05) is 12.1 Å². The number of rotatable bonds is 8. The molecule has 0 aliphatic carbocycles. The van der Waals surface area contributed by atoms with Crippen molar-refractivity contribution in [3.8, 4) is 11.5 Å². The predicted molar refractivity (Wildman–Crippen MR) is 126 cm³/mol. The van der Waals surface area contributed by atoms with Gasteiger partial charge in [-0.25, -0.2) is 4.79 Å². The molecule has 0 radical (unpaired) electrons. The minimum absolute atomic E-state index is 0.275. The maximum atomic E-state index is 12.4. The fourth-order valence-corrected chi connectivity index (χ4v) is 3.50. The average Bonchev–Trinajstić information content (AvgIpc) is 2.79. The van der Waals surface area contributed by atoms with E-state index in [0.29, 0.717) is 32.1 Å². The van der Waals surface area contributed by atoms with Crippen molar-refractivity contribution in [3.05, 3.63) is 98.6 Å². The lowest BCUT2D eigenvalue weighted by Gasteiger charge is -2.14. The first-order valence-electron chi connectivity index (χ1n) is 9.43. The van der Waals surface area contributed by atoms with Gasteiger partial charge in [-0.2, -0.15) is 0 Å². The van der Waals surface area contributed by atoms with Crippen LogP contribution in [0.1, 0.15) is 21.5 Å². The monoisotopic (exact) mass is 515 g/mol. The summed E-state index contributed by atoms with van der Waals surface area (Å²) < 4.78 is 11.9. The lowest BCUT2D eigenvalue weighted by molar-refractivity contribution is -0.132. The van der Waals surface area contributed by atoms with E-state index in [-0.39, 0.29) is 12.3 Å². The number of carboxylic acids is 1. The van der Waals surface area contributed by atoms with Gasteiger partial charge in [-0.05, 0) is 69.5 Å². The number of nitrogens with one attached hydrogen (secondary N) is 1. The van der Waals surface area contributed by atoms with Gasteiger partial charge in [0.1, 0.15) is 12.3 Å². The molecule has 0 heterocycles. The van der Waals surface area contributed by atoms with Crippen LogP contribution in [0.3, 0.4) is 0 Å². The summed E-state index contributed by atoms with van der Waals surface area (Å²) in [6.07, 6.45) is 1.35. The molecule has 6 nitrogen and oxygen atoms in total. The Morgan fingerprint density at radius 1 is 1.09 bits per heavy atom. The van der Waals surface area contributed by atoms with Gasteiger partial charge >= 0.3 is 5.97 Å². The van der Waals surface area contributed by atoms with E-state index in [9.17, 15) is 14.7 Å². The van der Waals surface area contributed by atoms with Gasteiger partial charge < -0.3 is 19.9 Å². The zero-order valence-corrected chi connectivity index (χ0v) is 19.3. The van der Waals surface area contributed by atoms with Gasteiger partial charge in [0.2, 0.25) is 0 Å². The second-order valence-corrected chi connectivity index (χ2v) is 7.92. The number of carboxylic acid groups (broad SMARTS) is 1. The summed E-state index contributed by atoms with van der Waals surface area (Å²) in [5, 5.41) is 12.6. The first kappa shape index (κ1) is 23.4. The molecule has 164 valence electrons. The van der Waals surface area contributed by atoms with Crippen LogP contribution in [0, 0.1) is 0 Å². The molecule has 0 unspecified atom stereocenters. The third kappa shape index (κ3) is 6.12. The van der Waals surface area contributed by atoms with Crippen molar-refractivity contribution in [2.45, 2.75) is 6.61 Å². The van der Waals surface area contributed by atoms with Crippen LogP contribution in [-0.2, 0) is 11.4 Å². The van der Waals surface area contributed by atoms with Crippen molar-refractivity contribution in [2.24, 2.45) is 0 Å². The standard InChI is InChI=1S/C24H19BrClNO5/c1-31-21-13-16(11-19(25)22(21)32-14-15-7-9-18(26)10-8-15)12-20(24(29)30)27-23(28)17-5-3-2-4-6-17/h2-13H,14H2,1H3,(H,27,28)(H,29,30). The summed E-state index contributed by atoms with van der Waals surface area (Å²) in [5.74, 6) is -0.927. The molecule has 0 aliphatic rings. The zero-order valence-electron chi connectivity index (χ0n) is 17.0. The Morgan fingerprint density at radius 3 is 2.41 bits per heavy atom. The second-order valence-electron chi connectivity index (χ2n) is 6.63. The molecule has 32 heavy (non-hydrogen) atoms. The van der Waals surface area contributed by atoms with E-state index in [4.69, 9.17) is 21.1 Å². The van der Waals surface area contributed by atoms with Crippen molar-refractivity contribution < 1.29 is 24.2 Å². The minimum Gasteiger partial charge on any atom is -0.493 e.